The van der Waals surface area contributed by atoms with Crippen molar-refractivity contribution < 1.29 is 24.5 Å². The summed E-state index contributed by atoms with van der Waals surface area (Å²) < 4.78 is 4.24. The normalized spacial score (nSPS) is 15.2. The fourth-order valence-electron chi connectivity index (χ4n) is 1.05. The molecule has 0 radical (unpaired) electrons. The summed E-state index contributed by atoms with van der Waals surface area (Å²) in [5.74, 6) is -3.56. The number of aliphatic carboxylic acids is 1. The maximum Gasteiger partial charge on any atom is 0.335 e. The third kappa shape index (κ3) is 3.02. The molecule has 0 aliphatic carbocycles. The monoisotopic (exact) mass is 190 g/mol. The molecule has 0 aromatic rings. The van der Waals surface area contributed by atoms with E-state index in [1.54, 1.807) is 13.8 Å². The van der Waals surface area contributed by atoms with Crippen molar-refractivity contribution in [3.05, 3.63) is 0 Å². The molecule has 0 unspecified atom stereocenters. The van der Waals surface area contributed by atoms with Crippen LogP contribution < -0.4 is 0 Å². The van der Waals surface area contributed by atoms with Crippen molar-refractivity contribution in [1.82, 2.24) is 0 Å². The first-order chi connectivity index (χ1) is 5.91. The average molecular weight is 190 g/mol. The molecule has 0 aromatic heterocycles. The predicted molar refractivity (Wildman–Crippen MR) is 44.0 cm³/mol. The molecule has 0 saturated carbocycles. The summed E-state index contributed by atoms with van der Waals surface area (Å²) in [5, 5.41) is 18.0. The zero-order valence-electron chi connectivity index (χ0n) is 7.85. The van der Waals surface area contributed by atoms with Gasteiger partial charge in [-0.15, -0.1) is 0 Å². The van der Waals surface area contributed by atoms with Gasteiger partial charge in [0.15, 0.2) is 6.10 Å². The van der Waals surface area contributed by atoms with Gasteiger partial charge in [-0.2, -0.15) is 0 Å². The van der Waals surface area contributed by atoms with Gasteiger partial charge in [-0.25, -0.2) is 4.79 Å². The molecule has 76 valence electrons. The third-order valence-corrected chi connectivity index (χ3v) is 1.79. The zero-order valence-corrected chi connectivity index (χ0v) is 7.85. The topological polar surface area (TPSA) is 83.8 Å². The first-order valence-electron chi connectivity index (χ1n) is 3.90. The Balaban J connectivity index is 4.55. The van der Waals surface area contributed by atoms with Gasteiger partial charge in [0, 0.05) is 0 Å². The lowest BCUT2D eigenvalue weighted by Gasteiger charge is -2.19. The molecular formula is C8H14O5. The van der Waals surface area contributed by atoms with Crippen molar-refractivity contribution in [3.8, 4) is 0 Å². The van der Waals surface area contributed by atoms with Crippen LogP contribution in [-0.2, 0) is 14.3 Å². The molecule has 0 spiro atoms. The number of carbonyl (C=O) groups is 2. The van der Waals surface area contributed by atoms with E-state index < -0.39 is 24.0 Å². The second-order valence-electron chi connectivity index (χ2n) is 3.08. The van der Waals surface area contributed by atoms with Crippen LogP contribution in [0.4, 0.5) is 0 Å². The lowest BCUT2D eigenvalue weighted by Crippen LogP contribution is -2.38. The maximum absolute atomic E-state index is 10.8. The number of rotatable bonds is 4. The number of carboxylic acid groups (broad SMARTS) is 1. The minimum absolute atomic E-state index is 0.327. The van der Waals surface area contributed by atoms with Crippen LogP contribution >= 0.6 is 0 Å². The number of aliphatic hydroxyl groups excluding tert-OH is 1. The van der Waals surface area contributed by atoms with Crippen molar-refractivity contribution >= 4 is 11.9 Å². The van der Waals surface area contributed by atoms with E-state index in [4.69, 9.17) is 5.11 Å². The molecule has 0 aliphatic heterocycles. The second kappa shape index (κ2) is 4.81. The van der Waals surface area contributed by atoms with E-state index in [9.17, 15) is 14.7 Å². The van der Waals surface area contributed by atoms with E-state index in [-0.39, 0.29) is 5.92 Å². The number of esters is 1. The Morgan fingerprint density at radius 3 is 2.00 bits per heavy atom. The van der Waals surface area contributed by atoms with Crippen LogP contribution in [0.25, 0.3) is 0 Å². The molecule has 13 heavy (non-hydrogen) atoms. The van der Waals surface area contributed by atoms with Gasteiger partial charge in [0.05, 0.1) is 13.0 Å². The quantitative estimate of drug-likeness (QED) is 0.603. The van der Waals surface area contributed by atoms with Crippen LogP contribution in [0.15, 0.2) is 0 Å². The van der Waals surface area contributed by atoms with Crippen LogP contribution in [0.1, 0.15) is 13.8 Å². The summed E-state index contributed by atoms with van der Waals surface area (Å²) >= 11 is 0. The molecule has 0 amide bonds. The van der Waals surface area contributed by atoms with Crippen LogP contribution in [0.5, 0.6) is 0 Å². The number of aliphatic hydroxyl groups is 1. The Bertz CT molecular complexity index is 199. The zero-order chi connectivity index (χ0) is 10.6. The number of hydrogen-bond acceptors (Lipinski definition) is 4. The first kappa shape index (κ1) is 11.9. The van der Waals surface area contributed by atoms with Gasteiger partial charge in [-0.3, -0.25) is 4.79 Å². The Hall–Kier alpha value is -1.10. The summed E-state index contributed by atoms with van der Waals surface area (Å²) in [6.07, 6.45) is -1.59. The van der Waals surface area contributed by atoms with Gasteiger partial charge >= 0.3 is 11.9 Å². The summed E-state index contributed by atoms with van der Waals surface area (Å²) in [4.78, 5) is 21.5. The van der Waals surface area contributed by atoms with Crippen LogP contribution in [0.2, 0.25) is 0 Å². The highest BCUT2D eigenvalue weighted by atomic mass is 16.5. The van der Waals surface area contributed by atoms with Gasteiger partial charge in [0.25, 0.3) is 0 Å². The molecule has 0 saturated heterocycles. The van der Waals surface area contributed by atoms with Crippen LogP contribution in [-0.4, -0.2) is 35.4 Å². The summed E-state index contributed by atoms with van der Waals surface area (Å²) in [5.41, 5.74) is 0. The second-order valence-corrected chi connectivity index (χ2v) is 3.08. The van der Waals surface area contributed by atoms with E-state index in [0.717, 1.165) is 7.11 Å². The molecular weight excluding hydrogens is 176 g/mol. The minimum atomic E-state index is -1.59. The molecule has 2 atom stereocenters. The Kier molecular flexibility index (Phi) is 4.40. The van der Waals surface area contributed by atoms with E-state index in [1.165, 1.54) is 0 Å². The number of ether oxygens (including phenoxy) is 1. The average Bonchev–Trinajstić information content (AvgIpc) is 2.01. The summed E-state index contributed by atoms with van der Waals surface area (Å²) in [6, 6.07) is 0. The molecule has 0 rings (SSSR count). The highest BCUT2D eigenvalue weighted by molar-refractivity contribution is 5.82. The maximum atomic E-state index is 10.8. The fourth-order valence-corrected chi connectivity index (χ4v) is 1.05. The Morgan fingerprint density at radius 2 is 1.77 bits per heavy atom. The SMILES string of the molecule is COC(=O)[C@H](O)[C@H](C(=O)O)C(C)C. The number of carbonyl (C=O) groups excluding carboxylic acids is 1. The molecule has 5 heteroatoms. The van der Waals surface area contributed by atoms with Gasteiger partial charge < -0.3 is 14.9 Å². The largest absolute Gasteiger partial charge is 0.481 e. The molecule has 0 aliphatic rings. The van der Waals surface area contributed by atoms with Crippen molar-refractivity contribution in [3.63, 3.8) is 0 Å². The molecule has 2 N–H and O–H groups in total. The van der Waals surface area contributed by atoms with Crippen molar-refractivity contribution in [1.29, 1.82) is 0 Å². The highest BCUT2D eigenvalue weighted by Crippen LogP contribution is 2.16. The smallest absolute Gasteiger partial charge is 0.335 e. The van der Waals surface area contributed by atoms with Crippen LogP contribution in [0.3, 0.4) is 0 Å². The highest BCUT2D eigenvalue weighted by Gasteiger charge is 2.35. The molecule has 0 aromatic carbocycles. The lowest BCUT2D eigenvalue weighted by molar-refractivity contribution is -0.163. The number of methoxy groups -OCH3 is 1. The van der Waals surface area contributed by atoms with Crippen molar-refractivity contribution in [2.75, 3.05) is 7.11 Å². The fraction of sp³-hybridized carbons (Fsp3) is 0.750. The predicted octanol–water partition coefficient (Wildman–Crippen LogP) is -0.123. The van der Waals surface area contributed by atoms with E-state index >= 15 is 0 Å². The third-order valence-electron chi connectivity index (χ3n) is 1.79. The first-order valence-corrected chi connectivity index (χ1v) is 3.90. The Morgan fingerprint density at radius 1 is 1.31 bits per heavy atom. The molecule has 5 nitrogen and oxygen atoms in total. The number of hydrogen-bond donors (Lipinski definition) is 2. The van der Waals surface area contributed by atoms with E-state index in [0.29, 0.717) is 0 Å². The van der Waals surface area contributed by atoms with Gasteiger partial charge in [-0.1, -0.05) is 13.8 Å². The van der Waals surface area contributed by atoms with Crippen LogP contribution in [0, 0.1) is 11.8 Å². The summed E-state index contributed by atoms with van der Waals surface area (Å²) in [6.45, 7) is 3.23. The van der Waals surface area contributed by atoms with E-state index in [2.05, 4.69) is 4.74 Å². The van der Waals surface area contributed by atoms with E-state index in [1.807, 2.05) is 0 Å². The minimum Gasteiger partial charge on any atom is -0.481 e. The molecule has 0 bridgehead atoms. The van der Waals surface area contributed by atoms with Gasteiger partial charge in [-0.05, 0) is 5.92 Å². The Labute approximate surface area is 76.3 Å². The summed E-state index contributed by atoms with van der Waals surface area (Å²) in [7, 11) is 1.10. The molecule has 0 heterocycles. The van der Waals surface area contributed by atoms with Gasteiger partial charge in [0.2, 0.25) is 0 Å². The van der Waals surface area contributed by atoms with Crippen molar-refractivity contribution in [2.24, 2.45) is 11.8 Å². The van der Waals surface area contributed by atoms with Gasteiger partial charge in [0.1, 0.15) is 0 Å². The molecule has 0 fully saturated rings. The number of carboxylic acids is 1. The lowest BCUT2D eigenvalue weighted by atomic mass is 9.90. The standard InChI is InChI=1S/C8H14O5/c1-4(2)5(7(10)11)6(9)8(12)13-3/h4-6,9H,1-3H3,(H,10,11)/t5-,6-/m1/s1. The van der Waals surface area contributed by atoms with Crippen molar-refractivity contribution in [2.45, 2.75) is 20.0 Å².